The SMILES string of the molecule is CC(C)C1CCC(C)(/C=C/c2ccc(-c3ccccc3)cc2)CC1. The maximum atomic E-state index is 2.46. The van der Waals surface area contributed by atoms with Crippen LogP contribution in [0, 0.1) is 17.3 Å². The van der Waals surface area contributed by atoms with Crippen LogP contribution in [0.25, 0.3) is 17.2 Å². The molecule has 0 heteroatoms. The molecule has 0 spiro atoms. The molecule has 24 heavy (non-hydrogen) atoms. The molecule has 2 aromatic carbocycles. The van der Waals surface area contributed by atoms with Gasteiger partial charge in [0, 0.05) is 0 Å². The lowest BCUT2D eigenvalue weighted by molar-refractivity contribution is 0.185. The van der Waals surface area contributed by atoms with Crippen LogP contribution < -0.4 is 0 Å². The smallest absolute Gasteiger partial charge is 0.0143 e. The van der Waals surface area contributed by atoms with E-state index in [1.807, 2.05) is 0 Å². The van der Waals surface area contributed by atoms with E-state index in [0.717, 1.165) is 11.8 Å². The number of benzene rings is 2. The van der Waals surface area contributed by atoms with Gasteiger partial charge in [0.05, 0.1) is 0 Å². The molecular formula is C24H30. The van der Waals surface area contributed by atoms with E-state index in [4.69, 9.17) is 0 Å². The number of hydrogen-bond acceptors (Lipinski definition) is 0. The van der Waals surface area contributed by atoms with E-state index in [2.05, 4.69) is 87.5 Å². The molecule has 1 saturated carbocycles. The monoisotopic (exact) mass is 318 g/mol. The minimum Gasteiger partial charge on any atom is -0.0780 e. The van der Waals surface area contributed by atoms with Crippen LogP contribution in [0.3, 0.4) is 0 Å². The molecule has 2 aromatic rings. The first-order chi connectivity index (χ1) is 11.6. The van der Waals surface area contributed by atoms with Gasteiger partial charge in [0.2, 0.25) is 0 Å². The molecule has 0 N–H and O–H groups in total. The van der Waals surface area contributed by atoms with Gasteiger partial charge in [-0.3, -0.25) is 0 Å². The number of rotatable bonds is 4. The molecule has 0 atom stereocenters. The summed E-state index contributed by atoms with van der Waals surface area (Å²) in [5, 5.41) is 0. The first kappa shape index (κ1) is 17.0. The van der Waals surface area contributed by atoms with Crippen molar-refractivity contribution in [2.24, 2.45) is 17.3 Å². The molecule has 126 valence electrons. The maximum absolute atomic E-state index is 2.46. The Morgan fingerprint density at radius 1 is 0.875 bits per heavy atom. The van der Waals surface area contributed by atoms with E-state index in [9.17, 15) is 0 Å². The predicted molar refractivity (Wildman–Crippen MR) is 106 cm³/mol. The van der Waals surface area contributed by atoms with Crippen molar-refractivity contribution in [2.45, 2.75) is 46.5 Å². The van der Waals surface area contributed by atoms with Crippen LogP contribution >= 0.6 is 0 Å². The fraction of sp³-hybridized carbons (Fsp3) is 0.417. The Balaban J connectivity index is 1.65. The van der Waals surface area contributed by atoms with Gasteiger partial charge in [0.15, 0.2) is 0 Å². The molecule has 1 aliphatic rings. The van der Waals surface area contributed by atoms with E-state index in [1.54, 1.807) is 0 Å². The second-order valence-electron chi connectivity index (χ2n) is 8.06. The van der Waals surface area contributed by atoms with Gasteiger partial charge in [-0.15, -0.1) is 0 Å². The zero-order valence-electron chi connectivity index (χ0n) is 15.3. The van der Waals surface area contributed by atoms with E-state index < -0.39 is 0 Å². The summed E-state index contributed by atoms with van der Waals surface area (Å²) in [6.07, 6.45) is 10.2. The third kappa shape index (κ3) is 4.17. The molecular weight excluding hydrogens is 288 g/mol. The number of hydrogen-bond donors (Lipinski definition) is 0. The standard InChI is InChI=1S/C24H30/c1-19(2)21-14-17-24(3,18-15-21)16-13-20-9-11-23(12-10-20)22-7-5-4-6-8-22/h4-13,16,19,21H,14-15,17-18H2,1-3H3/b16-13+. The van der Waals surface area contributed by atoms with Crippen LogP contribution in [0.2, 0.25) is 0 Å². The molecule has 0 aliphatic heterocycles. The Kier molecular flexibility index (Phi) is 5.23. The Labute approximate surface area is 147 Å². The van der Waals surface area contributed by atoms with Gasteiger partial charge < -0.3 is 0 Å². The van der Waals surface area contributed by atoms with Crippen LogP contribution in [0.5, 0.6) is 0 Å². The van der Waals surface area contributed by atoms with Crippen molar-refractivity contribution in [3.05, 3.63) is 66.2 Å². The van der Waals surface area contributed by atoms with Crippen LogP contribution in [-0.4, -0.2) is 0 Å². The molecule has 0 aromatic heterocycles. The normalized spacial score (nSPS) is 24.6. The van der Waals surface area contributed by atoms with Crippen LogP contribution in [0.15, 0.2) is 60.7 Å². The average molecular weight is 319 g/mol. The quantitative estimate of drug-likeness (QED) is 0.558. The summed E-state index contributed by atoms with van der Waals surface area (Å²) in [5.41, 5.74) is 4.26. The molecule has 1 aliphatic carbocycles. The van der Waals surface area contributed by atoms with Crippen molar-refractivity contribution < 1.29 is 0 Å². The highest BCUT2D eigenvalue weighted by atomic mass is 14.3. The van der Waals surface area contributed by atoms with Crippen molar-refractivity contribution in [1.82, 2.24) is 0 Å². The zero-order chi connectivity index (χ0) is 17.0. The Morgan fingerprint density at radius 3 is 2.04 bits per heavy atom. The van der Waals surface area contributed by atoms with Crippen molar-refractivity contribution in [3.8, 4) is 11.1 Å². The molecule has 0 unspecified atom stereocenters. The summed E-state index contributed by atoms with van der Waals surface area (Å²) in [5.74, 6) is 1.76. The fourth-order valence-electron chi connectivity index (χ4n) is 3.85. The van der Waals surface area contributed by atoms with Gasteiger partial charge in [-0.1, -0.05) is 87.5 Å². The van der Waals surface area contributed by atoms with E-state index in [-0.39, 0.29) is 0 Å². The van der Waals surface area contributed by atoms with Crippen LogP contribution in [0.1, 0.15) is 52.0 Å². The predicted octanol–water partition coefficient (Wildman–Crippen LogP) is 7.22. The fourth-order valence-corrected chi connectivity index (χ4v) is 3.85. The van der Waals surface area contributed by atoms with Gasteiger partial charge in [-0.05, 0) is 59.6 Å². The van der Waals surface area contributed by atoms with Crippen molar-refractivity contribution in [3.63, 3.8) is 0 Å². The average Bonchev–Trinajstić information content (AvgIpc) is 2.62. The summed E-state index contributed by atoms with van der Waals surface area (Å²) in [4.78, 5) is 0. The highest BCUT2D eigenvalue weighted by Crippen LogP contribution is 2.42. The molecule has 0 saturated heterocycles. The maximum Gasteiger partial charge on any atom is -0.0143 e. The van der Waals surface area contributed by atoms with E-state index >= 15 is 0 Å². The summed E-state index contributed by atoms with van der Waals surface area (Å²) < 4.78 is 0. The van der Waals surface area contributed by atoms with Crippen LogP contribution in [0.4, 0.5) is 0 Å². The zero-order valence-corrected chi connectivity index (χ0v) is 15.3. The van der Waals surface area contributed by atoms with Gasteiger partial charge in [-0.2, -0.15) is 0 Å². The van der Waals surface area contributed by atoms with Gasteiger partial charge in [0.1, 0.15) is 0 Å². The largest absolute Gasteiger partial charge is 0.0780 e. The molecule has 1 fully saturated rings. The highest BCUT2D eigenvalue weighted by Gasteiger charge is 2.29. The third-order valence-corrected chi connectivity index (χ3v) is 5.81. The Morgan fingerprint density at radius 2 is 1.46 bits per heavy atom. The second kappa shape index (κ2) is 7.38. The minimum atomic E-state index is 0.378. The molecule has 0 radical (unpaired) electrons. The molecule has 0 bridgehead atoms. The van der Waals surface area contributed by atoms with Crippen molar-refractivity contribution in [1.29, 1.82) is 0 Å². The number of allylic oxidation sites excluding steroid dienone is 1. The minimum absolute atomic E-state index is 0.378. The van der Waals surface area contributed by atoms with Crippen LogP contribution in [-0.2, 0) is 0 Å². The Hall–Kier alpha value is -1.82. The summed E-state index contributed by atoms with van der Waals surface area (Å²) in [6.45, 7) is 7.17. The third-order valence-electron chi connectivity index (χ3n) is 5.81. The lowest BCUT2D eigenvalue weighted by atomic mass is 9.69. The second-order valence-corrected chi connectivity index (χ2v) is 8.06. The molecule has 0 amide bonds. The van der Waals surface area contributed by atoms with E-state index in [1.165, 1.54) is 42.4 Å². The lowest BCUT2D eigenvalue weighted by Gasteiger charge is -2.36. The molecule has 0 nitrogen and oxygen atoms in total. The van der Waals surface area contributed by atoms with E-state index in [0.29, 0.717) is 5.41 Å². The summed E-state index contributed by atoms with van der Waals surface area (Å²) >= 11 is 0. The lowest BCUT2D eigenvalue weighted by Crippen LogP contribution is -2.24. The highest BCUT2D eigenvalue weighted by molar-refractivity contribution is 5.65. The first-order valence-electron chi connectivity index (χ1n) is 9.40. The van der Waals surface area contributed by atoms with Gasteiger partial charge >= 0.3 is 0 Å². The summed E-state index contributed by atoms with van der Waals surface area (Å²) in [6, 6.07) is 19.5. The van der Waals surface area contributed by atoms with Crippen molar-refractivity contribution in [2.75, 3.05) is 0 Å². The summed E-state index contributed by atoms with van der Waals surface area (Å²) in [7, 11) is 0. The topological polar surface area (TPSA) is 0 Å². The van der Waals surface area contributed by atoms with Gasteiger partial charge in [-0.25, -0.2) is 0 Å². The van der Waals surface area contributed by atoms with Gasteiger partial charge in [0.25, 0.3) is 0 Å². The molecule has 0 heterocycles. The Bertz CT molecular complexity index is 653. The first-order valence-corrected chi connectivity index (χ1v) is 9.40. The van der Waals surface area contributed by atoms with Crippen molar-refractivity contribution >= 4 is 6.08 Å². The molecule has 3 rings (SSSR count).